The van der Waals surface area contributed by atoms with Crippen molar-refractivity contribution in [1.82, 2.24) is 30.4 Å². The van der Waals surface area contributed by atoms with Gasteiger partial charge in [0.05, 0.1) is 0 Å². The summed E-state index contributed by atoms with van der Waals surface area (Å²) in [5.41, 5.74) is 3.94. The van der Waals surface area contributed by atoms with Crippen LogP contribution in [0.3, 0.4) is 0 Å². The fourth-order valence-corrected chi connectivity index (χ4v) is 3.05. The summed E-state index contributed by atoms with van der Waals surface area (Å²) in [5.74, 6) is 1.63. The Balaban J connectivity index is 1.62. The quantitative estimate of drug-likeness (QED) is 0.449. The molecule has 0 aliphatic rings. The van der Waals surface area contributed by atoms with E-state index in [1.165, 1.54) is 22.0 Å². The van der Waals surface area contributed by atoms with Crippen LogP contribution >= 0.6 is 0 Å². The van der Waals surface area contributed by atoms with Crippen molar-refractivity contribution >= 4 is 16.9 Å². The molecular weight excluding hydrogens is 326 g/mol. The van der Waals surface area contributed by atoms with E-state index in [0.29, 0.717) is 6.54 Å². The third-order valence-electron chi connectivity index (χ3n) is 4.48. The van der Waals surface area contributed by atoms with Crippen LogP contribution in [0.5, 0.6) is 0 Å². The first kappa shape index (κ1) is 18.0. The highest BCUT2D eigenvalue weighted by Crippen LogP contribution is 2.22. The van der Waals surface area contributed by atoms with Crippen molar-refractivity contribution in [2.24, 2.45) is 12.0 Å². The van der Waals surface area contributed by atoms with E-state index >= 15 is 0 Å². The number of H-pyrrole nitrogens is 1. The van der Waals surface area contributed by atoms with Crippen molar-refractivity contribution in [2.75, 3.05) is 13.1 Å². The van der Waals surface area contributed by atoms with Gasteiger partial charge >= 0.3 is 0 Å². The molecule has 3 rings (SSSR count). The molecule has 2 heterocycles. The predicted molar refractivity (Wildman–Crippen MR) is 105 cm³/mol. The molecule has 0 radical (unpaired) electrons. The SMILES string of the molecule is CCNC(=NCc1ncnn1C)NCCc1c[nH]c2c(CC)cccc12. The molecular formula is C19H27N7. The lowest BCUT2D eigenvalue weighted by Crippen LogP contribution is -2.38. The fourth-order valence-electron chi connectivity index (χ4n) is 3.05. The van der Waals surface area contributed by atoms with Crippen molar-refractivity contribution in [3.63, 3.8) is 0 Å². The Morgan fingerprint density at radius 2 is 2.12 bits per heavy atom. The van der Waals surface area contributed by atoms with Gasteiger partial charge in [-0.15, -0.1) is 0 Å². The lowest BCUT2D eigenvalue weighted by atomic mass is 10.1. The summed E-state index contributed by atoms with van der Waals surface area (Å²) >= 11 is 0. The van der Waals surface area contributed by atoms with Crippen LogP contribution in [0.15, 0.2) is 35.7 Å². The molecule has 3 N–H and O–H groups in total. The normalized spacial score (nSPS) is 11.9. The number of aryl methyl sites for hydroxylation is 2. The molecule has 1 aromatic carbocycles. The summed E-state index contributed by atoms with van der Waals surface area (Å²) in [6, 6.07) is 6.51. The van der Waals surface area contributed by atoms with Gasteiger partial charge in [-0.1, -0.05) is 25.1 Å². The first-order chi connectivity index (χ1) is 12.7. The standard InChI is InChI=1S/C19H27N7/c1-4-14-7-6-8-16-15(11-22-18(14)16)9-10-21-19(20-5-2)23-12-17-24-13-25-26(17)3/h6-8,11,13,22H,4-5,9-10,12H2,1-3H3,(H2,20,21,23). The second-order valence-corrected chi connectivity index (χ2v) is 6.18. The summed E-state index contributed by atoms with van der Waals surface area (Å²) in [7, 11) is 1.87. The van der Waals surface area contributed by atoms with Crippen molar-refractivity contribution in [1.29, 1.82) is 0 Å². The third-order valence-corrected chi connectivity index (χ3v) is 4.48. The first-order valence-corrected chi connectivity index (χ1v) is 9.15. The Kier molecular flexibility index (Phi) is 5.88. The number of fused-ring (bicyclic) bond motifs is 1. The van der Waals surface area contributed by atoms with E-state index in [1.807, 2.05) is 7.05 Å². The zero-order chi connectivity index (χ0) is 18.4. The van der Waals surface area contributed by atoms with Gasteiger partial charge in [-0.2, -0.15) is 5.10 Å². The van der Waals surface area contributed by atoms with Gasteiger partial charge in [0, 0.05) is 37.2 Å². The van der Waals surface area contributed by atoms with Gasteiger partial charge in [-0.25, -0.2) is 9.98 Å². The van der Waals surface area contributed by atoms with Crippen LogP contribution in [-0.4, -0.2) is 38.8 Å². The van der Waals surface area contributed by atoms with Gasteiger partial charge in [0.1, 0.15) is 18.7 Å². The van der Waals surface area contributed by atoms with Gasteiger partial charge in [0.2, 0.25) is 0 Å². The number of aromatic amines is 1. The maximum atomic E-state index is 4.59. The average Bonchev–Trinajstić information content (AvgIpc) is 3.25. The smallest absolute Gasteiger partial charge is 0.191 e. The van der Waals surface area contributed by atoms with Crippen LogP contribution in [0, 0.1) is 0 Å². The zero-order valence-corrected chi connectivity index (χ0v) is 15.7. The molecule has 0 aliphatic carbocycles. The topological polar surface area (TPSA) is 82.9 Å². The first-order valence-electron chi connectivity index (χ1n) is 9.15. The molecule has 0 unspecified atom stereocenters. The molecule has 0 saturated heterocycles. The van der Waals surface area contributed by atoms with E-state index in [1.54, 1.807) is 11.0 Å². The second kappa shape index (κ2) is 8.51. The third kappa shape index (κ3) is 4.04. The average molecular weight is 353 g/mol. The minimum atomic E-state index is 0.499. The largest absolute Gasteiger partial charge is 0.361 e. The van der Waals surface area contributed by atoms with E-state index in [0.717, 1.165) is 37.7 Å². The summed E-state index contributed by atoms with van der Waals surface area (Å²) in [5, 5.41) is 12.1. The van der Waals surface area contributed by atoms with Crippen molar-refractivity contribution in [2.45, 2.75) is 33.2 Å². The minimum Gasteiger partial charge on any atom is -0.361 e. The zero-order valence-electron chi connectivity index (χ0n) is 15.7. The fraction of sp³-hybridized carbons (Fsp3) is 0.421. The summed E-state index contributed by atoms with van der Waals surface area (Å²) < 4.78 is 1.74. The van der Waals surface area contributed by atoms with Crippen molar-refractivity contribution < 1.29 is 0 Å². The Bertz CT molecular complexity index is 875. The van der Waals surface area contributed by atoms with Crippen molar-refractivity contribution in [3.8, 4) is 0 Å². The summed E-state index contributed by atoms with van der Waals surface area (Å²) in [6.07, 6.45) is 5.64. The van der Waals surface area contributed by atoms with Crippen molar-refractivity contribution in [3.05, 3.63) is 47.7 Å². The number of para-hydroxylation sites is 1. The molecule has 138 valence electrons. The van der Waals surface area contributed by atoms with E-state index in [4.69, 9.17) is 0 Å². The number of hydrogen-bond donors (Lipinski definition) is 3. The number of guanidine groups is 1. The molecule has 0 saturated carbocycles. The lowest BCUT2D eigenvalue weighted by molar-refractivity contribution is 0.697. The Morgan fingerprint density at radius 1 is 1.23 bits per heavy atom. The number of hydrogen-bond acceptors (Lipinski definition) is 3. The Morgan fingerprint density at radius 3 is 2.85 bits per heavy atom. The molecule has 7 heteroatoms. The molecule has 0 aliphatic heterocycles. The highest BCUT2D eigenvalue weighted by Gasteiger charge is 2.07. The minimum absolute atomic E-state index is 0.499. The molecule has 3 aromatic rings. The predicted octanol–water partition coefficient (Wildman–Crippen LogP) is 2.16. The molecule has 2 aromatic heterocycles. The van der Waals surface area contributed by atoms with Crippen LogP contribution < -0.4 is 10.6 Å². The number of rotatable bonds is 7. The number of benzene rings is 1. The van der Waals surface area contributed by atoms with E-state index < -0.39 is 0 Å². The highest BCUT2D eigenvalue weighted by atomic mass is 15.3. The molecule has 0 spiro atoms. The maximum absolute atomic E-state index is 4.59. The van der Waals surface area contributed by atoms with E-state index in [2.05, 4.69) is 68.9 Å². The molecule has 0 atom stereocenters. The lowest BCUT2D eigenvalue weighted by Gasteiger charge is -2.11. The van der Waals surface area contributed by atoms with Crippen LogP contribution in [0.4, 0.5) is 0 Å². The van der Waals surface area contributed by atoms with Crippen LogP contribution in [0.1, 0.15) is 30.8 Å². The van der Waals surface area contributed by atoms with E-state index in [-0.39, 0.29) is 0 Å². The van der Waals surface area contributed by atoms with Crippen LogP contribution in [-0.2, 0) is 26.4 Å². The van der Waals surface area contributed by atoms with Crippen LogP contribution in [0.2, 0.25) is 0 Å². The number of nitrogens with one attached hydrogen (secondary N) is 3. The van der Waals surface area contributed by atoms with Gasteiger partial charge in [-0.05, 0) is 30.9 Å². The number of aliphatic imine (C=N–C) groups is 1. The number of aromatic nitrogens is 4. The monoisotopic (exact) mass is 353 g/mol. The van der Waals surface area contributed by atoms with Gasteiger partial charge in [0.15, 0.2) is 5.96 Å². The molecule has 7 nitrogen and oxygen atoms in total. The van der Waals surface area contributed by atoms with Gasteiger partial charge in [0.25, 0.3) is 0 Å². The van der Waals surface area contributed by atoms with Gasteiger partial charge < -0.3 is 15.6 Å². The second-order valence-electron chi connectivity index (χ2n) is 6.18. The molecule has 0 bridgehead atoms. The maximum Gasteiger partial charge on any atom is 0.191 e. The van der Waals surface area contributed by atoms with E-state index in [9.17, 15) is 0 Å². The molecule has 0 fully saturated rings. The molecule has 0 amide bonds. The summed E-state index contributed by atoms with van der Waals surface area (Å²) in [4.78, 5) is 12.2. The number of nitrogens with zero attached hydrogens (tertiary/aromatic N) is 4. The molecule has 26 heavy (non-hydrogen) atoms. The Labute approximate surface area is 153 Å². The highest BCUT2D eigenvalue weighted by molar-refractivity contribution is 5.86. The summed E-state index contributed by atoms with van der Waals surface area (Å²) in [6.45, 7) is 6.38. The van der Waals surface area contributed by atoms with Gasteiger partial charge in [-0.3, -0.25) is 4.68 Å². The Hall–Kier alpha value is -2.83. The van der Waals surface area contributed by atoms with Crippen LogP contribution in [0.25, 0.3) is 10.9 Å².